The van der Waals surface area contributed by atoms with Gasteiger partial charge < -0.3 is 14.7 Å². The van der Waals surface area contributed by atoms with Gasteiger partial charge in [0.05, 0.1) is 5.56 Å². The van der Waals surface area contributed by atoms with Crippen molar-refractivity contribution in [3.63, 3.8) is 0 Å². The van der Waals surface area contributed by atoms with E-state index in [9.17, 15) is 14.0 Å². The fourth-order valence-corrected chi connectivity index (χ4v) is 3.23. The molecule has 1 aliphatic heterocycles. The summed E-state index contributed by atoms with van der Waals surface area (Å²) in [5, 5.41) is 0. The zero-order valence-corrected chi connectivity index (χ0v) is 15.7. The molecule has 2 amide bonds. The van der Waals surface area contributed by atoms with E-state index in [1.807, 2.05) is 43.3 Å². The van der Waals surface area contributed by atoms with Crippen LogP contribution in [0.15, 0.2) is 48.5 Å². The summed E-state index contributed by atoms with van der Waals surface area (Å²) in [5.41, 5.74) is 1.68. The minimum atomic E-state index is -0.514. The molecular formula is C21H24FN3O2. The summed E-state index contributed by atoms with van der Waals surface area (Å²) >= 11 is 0. The van der Waals surface area contributed by atoms with Crippen LogP contribution in [0.25, 0.3) is 0 Å². The van der Waals surface area contributed by atoms with E-state index in [0.717, 1.165) is 5.69 Å². The molecule has 3 rings (SSSR count). The third-order valence-corrected chi connectivity index (χ3v) is 4.78. The summed E-state index contributed by atoms with van der Waals surface area (Å²) in [6, 6.07) is 13.5. The lowest BCUT2D eigenvalue weighted by Crippen LogP contribution is -2.37. The van der Waals surface area contributed by atoms with E-state index in [2.05, 4.69) is 0 Å². The van der Waals surface area contributed by atoms with Crippen molar-refractivity contribution >= 4 is 17.5 Å². The van der Waals surface area contributed by atoms with E-state index in [1.54, 1.807) is 21.9 Å². The van der Waals surface area contributed by atoms with Gasteiger partial charge in [0.1, 0.15) is 5.82 Å². The van der Waals surface area contributed by atoms with Gasteiger partial charge in [-0.25, -0.2) is 4.39 Å². The molecule has 0 unspecified atom stereocenters. The molecule has 0 radical (unpaired) electrons. The number of benzene rings is 2. The minimum absolute atomic E-state index is 0.0427. The fraction of sp³-hybridized carbons (Fsp3) is 0.333. The first-order valence-corrected chi connectivity index (χ1v) is 9.08. The van der Waals surface area contributed by atoms with Crippen molar-refractivity contribution in [3.8, 4) is 0 Å². The second kappa shape index (κ2) is 8.20. The van der Waals surface area contributed by atoms with Crippen molar-refractivity contribution in [2.24, 2.45) is 0 Å². The third kappa shape index (κ3) is 4.27. The maximum atomic E-state index is 13.9. The largest absolute Gasteiger partial charge is 0.378 e. The fourth-order valence-electron chi connectivity index (χ4n) is 3.23. The Balaban J connectivity index is 1.69. The van der Waals surface area contributed by atoms with Crippen LogP contribution >= 0.6 is 0 Å². The first-order valence-electron chi connectivity index (χ1n) is 9.08. The van der Waals surface area contributed by atoms with Gasteiger partial charge in [-0.05, 0) is 36.8 Å². The molecule has 2 aromatic rings. The van der Waals surface area contributed by atoms with Crippen molar-refractivity contribution in [2.75, 3.05) is 45.2 Å². The molecule has 0 N–H and O–H groups in total. The highest BCUT2D eigenvalue weighted by Gasteiger charge is 2.25. The lowest BCUT2D eigenvalue weighted by molar-refractivity contribution is 0.0716. The molecule has 1 heterocycles. The van der Waals surface area contributed by atoms with Gasteiger partial charge in [0.15, 0.2) is 0 Å². The molecule has 0 spiro atoms. The zero-order chi connectivity index (χ0) is 19.4. The molecule has 6 heteroatoms. The number of anilines is 1. The summed E-state index contributed by atoms with van der Waals surface area (Å²) in [7, 11) is 3.86. The maximum absolute atomic E-state index is 13.9. The number of rotatable bonds is 3. The number of hydrogen-bond acceptors (Lipinski definition) is 3. The average Bonchev–Trinajstić information content (AvgIpc) is 2.93. The first kappa shape index (κ1) is 18.9. The van der Waals surface area contributed by atoms with Crippen LogP contribution in [0, 0.1) is 5.82 Å². The third-order valence-electron chi connectivity index (χ3n) is 4.78. The number of carbonyl (C=O) groups excluding carboxylic acids is 2. The van der Waals surface area contributed by atoms with Crippen LogP contribution in [0.2, 0.25) is 0 Å². The van der Waals surface area contributed by atoms with Crippen LogP contribution < -0.4 is 4.90 Å². The summed E-state index contributed by atoms with van der Waals surface area (Å²) < 4.78 is 13.9. The van der Waals surface area contributed by atoms with E-state index in [1.165, 1.54) is 12.1 Å². The summed E-state index contributed by atoms with van der Waals surface area (Å²) in [5.74, 6) is -0.879. The minimum Gasteiger partial charge on any atom is -0.378 e. The van der Waals surface area contributed by atoms with Gasteiger partial charge in [-0.3, -0.25) is 9.59 Å². The van der Waals surface area contributed by atoms with Gasteiger partial charge in [-0.1, -0.05) is 18.2 Å². The van der Waals surface area contributed by atoms with Crippen LogP contribution in [0.5, 0.6) is 0 Å². The maximum Gasteiger partial charge on any atom is 0.256 e. The van der Waals surface area contributed by atoms with Crippen LogP contribution in [-0.2, 0) is 0 Å². The van der Waals surface area contributed by atoms with Crippen molar-refractivity contribution in [3.05, 3.63) is 65.5 Å². The smallest absolute Gasteiger partial charge is 0.256 e. The normalized spacial score (nSPS) is 14.6. The first-order chi connectivity index (χ1) is 13.0. The molecule has 0 atom stereocenters. The van der Waals surface area contributed by atoms with Crippen molar-refractivity contribution in [2.45, 2.75) is 6.42 Å². The molecule has 0 bridgehead atoms. The number of hydrogen-bond donors (Lipinski definition) is 0. The van der Waals surface area contributed by atoms with E-state index in [0.29, 0.717) is 38.2 Å². The van der Waals surface area contributed by atoms with Gasteiger partial charge in [0.2, 0.25) is 0 Å². The monoisotopic (exact) mass is 369 g/mol. The molecule has 27 heavy (non-hydrogen) atoms. The second-order valence-electron chi connectivity index (χ2n) is 6.86. The lowest BCUT2D eigenvalue weighted by Gasteiger charge is -2.23. The van der Waals surface area contributed by atoms with E-state index < -0.39 is 5.82 Å². The van der Waals surface area contributed by atoms with Crippen molar-refractivity contribution in [1.82, 2.24) is 9.80 Å². The molecule has 0 aliphatic carbocycles. The van der Waals surface area contributed by atoms with Crippen LogP contribution in [0.4, 0.5) is 10.1 Å². The molecule has 142 valence electrons. The molecule has 0 aromatic heterocycles. The molecule has 2 aromatic carbocycles. The SMILES string of the molecule is CN(C)c1cccc(C(=O)N2CCCN(C(=O)c3ccccc3F)CC2)c1. The summed E-state index contributed by atoms with van der Waals surface area (Å²) in [6.07, 6.45) is 0.666. The Morgan fingerprint density at radius 1 is 0.889 bits per heavy atom. The number of nitrogens with zero attached hydrogens (tertiary/aromatic N) is 3. The van der Waals surface area contributed by atoms with Crippen molar-refractivity contribution < 1.29 is 14.0 Å². The van der Waals surface area contributed by atoms with Gasteiger partial charge in [-0.15, -0.1) is 0 Å². The Kier molecular flexibility index (Phi) is 5.74. The molecule has 1 saturated heterocycles. The predicted octanol–water partition coefficient (Wildman–Crippen LogP) is 2.88. The Morgan fingerprint density at radius 3 is 2.22 bits per heavy atom. The Bertz CT molecular complexity index is 838. The zero-order valence-electron chi connectivity index (χ0n) is 15.7. The second-order valence-corrected chi connectivity index (χ2v) is 6.86. The quantitative estimate of drug-likeness (QED) is 0.836. The van der Waals surface area contributed by atoms with Gasteiger partial charge in [-0.2, -0.15) is 0 Å². The topological polar surface area (TPSA) is 43.9 Å². The average molecular weight is 369 g/mol. The highest BCUT2D eigenvalue weighted by molar-refractivity contribution is 5.96. The van der Waals surface area contributed by atoms with Gasteiger partial charge in [0.25, 0.3) is 11.8 Å². The molecule has 0 saturated carbocycles. The number of halogens is 1. The van der Waals surface area contributed by atoms with Crippen molar-refractivity contribution in [1.29, 1.82) is 0 Å². The number of carbonyl (C=O) groups is 2. The molecule has 1 aliphatic rings. The van der Waals surface area contributed by atoms with Crippen LogP contribution in [-0.4, -0.2) is 61.9 Å². The van der Waals surface area contributed by atoms with Crippen LogP contribution in [0.3, 0.4) is 0 Å². The Hall–Kier alpha value is -2.89. The molecule has 1 fully saturated rings. The molecular weight excluding hydrogens is 345 g/mol. The Labute approximate surface area is 159 Å². The highest BCUT2D eigenvalue weighted by atomic mass is 19.1. The van der Waals surface area contributed by atoms with Crippen LogP contribution in [0.1, 0.15) is 27.1 Å². The lowest BCUT2D eigenvalue weighted by atomic mass is 10.1. The predicted molar refractivity (Wildman–Crippen MR) is 104 cm³/mol. The summed E-state index contributed by atoms with van der Waals surface area (Å²) in [6.45, 7) is 1.91. The highest BCUT2D eigenvalue weighted by Crippen LogP contribution is 2.17. The van der Waals surface area contributed by atoms with Gasteiger partial charge in [0, 0.05) is 51.5 Å². The Morgan fingerprint density at radius 2 is 1.56 bits per heavy atom. The summed E-state index contributed by atoms with van der Waals surface area (Å²) in [4.78, 5) is 30.8. The van der Waals surface area contributed by atoms with E-state index >= 15 is 0 Å². The molecule has 5 nitrogen and oxygen atoms in total. The van der Waals surface area contributed by atoms with E-state index in [4.69, 9.17) is 0 Å². The van der Waals surface area contributed by atoms with E-state index in [-0.39, 0.29) is 17.4 Å². The van der Waals surface area contributed by atoms with Gasteiger partial charge >= 0.3 is 0 Å². The standard InChI is InChI=1S/C21H24FN3O2/c1-23(2)17-8-5-7-16(15-17)20(26)24-11-6-12-25(14-13-24)21(27)18-9-3-4-10-19(18)22/h3-5,7-10,15H,6,11-14H2,1-2H3. The number of amides is 2.